The van der Waals surface area contributed by atoms with E-state index in [1.807, 2.05) is 67.0 Å². The molecule has 10 atom stereocenters. The van der Waals surface area contributed by atoms with Gasteiger partial charge < -0.3 is 40.9 Å². The number of hydrogen-bond donors (Lipinski definition) is 4. The highest BCUT2D eigenvalue weighted by atomic mass is 16.2. The molecule has 0 aromatic heterocycles. The van der Waals surface area contributed by atoms with E-state index in [1.165, 1.54) is 5.56 Å². The topological polar surface area (TPSA) is 198 Å². The maximum Gasteiger partial charge on any atom is 0.251 e. The number of ketones is 1. The SMILES string of the molecule is CC[C@@H](C)C(=O)N[C@H](C(=O)N1C[C@@H](NC(=O)c2ccc(C(=O)N[C@H]3C[C@@H](C(=O)N4CCC(c5ccccc5)C4)N(C(=O)[C@@H](CC(=O)[C@H](C)NC)C4CCCCC4)C3)cc2)C[C@H]1C(=O)N1CC[C@@H](c2ccccc2)C1)C1CCCCC1. The molecule has 1 unspecified atom stereocenters. The van der Waals surface area contributed by atoms with E-state index in [2.05, 4.69) is 45.5 Å². The van der Waals surface area contributed by atoms with Gasteiger partial charge in [-0.2, -0.15) is 0 Å². The maximum absolute atomic E-state index is 15.0. The van der Waals surface area contributed by atoms with Gasteiger partial charge in [0, 0.05) is 92.6 Å². The Hall–Kier alpha value is -6.42. The van der Waals surface area contributed by atoms with Gasteiger partial charge in [-0.1, -0.05) is 113 Å². The fourth-order valence-electron chi connectivity index (χ4n) is 13.8. The van der Waals surface area contributed by atoms with Crippen molar-refractivity contribution < 1.29 is 38.4 Å². The third-order valence-corrected chi connectivity index (χ3v) is 19.0. The molecule has 6 aliphatic rings. The Kier molecular flexibility index (Phi) is 19.6. The first-order valence-corrected chi connectivity index (χ1v) is 30.2. The van der Waals surface area contributed by atoms with Crippen LogP contribution in [-0.4, -0.2) is 149 Å². The fourth-order valence-corrected chi connectivity index (χ4v) is 13.8. The molecule has 80 heavy (non-hydrogen) atoms. The summed E-state index contributed by atoms with van der Waals surface area (Å²) in [6.07, 6.45) is 12.1. The minimum absolute atomic E-state index is 0.0213. The quantitative estimate of drug-likeness (QED) is 0.0978. The second-order valence-electron chi connectivity index (χ2n) is 24.1. The summed E-state index contributed by atoms with van der Waals surface area (Å²) in [5.74, 6) is -2.38. The molecule has 0 radical (unpaired) electrons. The van der Waals surface area contributed by atoms with Crippen LogP contribution in [0.2, 0.25) is 0 Å². The normalized spacial score (nSPS) is 25.1. The van der Waals surface area contributed by atoms with Crippen molar-refractivity contribution in [1.29, 1.82) is 0 Å². The van der Waals surface area contributed by atoms with Crippen LogP contribution in [0.3, 0.4) is 0 Å². The summed E-state index contributed by atoms with van der Waals surface area (Å²) in [4.78, 5) is 122. The molecule has 2 aliphatic carbocycles. The van der Waals surface area contributed by atoms with Gasteiger partial charge in [0.05, 0.1) is 6.04 Å². The van der Waals surface area contributed by atoms with Crippen LogP contribution in [0.1, 0.15) is 167 Å². The van der Waals surface area contributed by atoms with Crippen LogP contribution in [0.5, 0.6) is 0 Å². The Labute approximate surface area is 473 Å². The number of likely N-dealkylation sites (tertiary alicyclic amines) is 4. The van der Waals surface area contributed by atoms with Gasteiger partial charge in [0.1, 0.15) is 23.9 Å². The number of rotatable bonds is 19. The molecule has 3 aromatic carbocycles. The van der Waals surface area contributed by atoms with Crippen molar-refractivity contribution in [3.05, 3.63) is 107 Å². The number of amides is 7. The predicted molar refractivity (Wildman–Crippen MR) is 306 cm³/mol. The van der Waals surface area contributed by atoms with E-state index < -0.39 is 54.0 Å². The van der Waals surface area contributed by atoms with Crippen molar-refractivity contribution in [3.63, 3.8) is 0 Å². The summed E-state index contributed by atoms with van der Waals surface area (Å²) in [5, 5.41) is 12.4. The molecule has 6 fully saturated rings. The predicted octanol–water partition coefficient (Wildman–Crippen LogP) is 6.99. The van der Waals surface area contributed by atoms with E-state index in [0.29, 0.717) is 43.7 Å². The average Bonchev–Trinajstić information content (AvgIpc) is 4.38. The Morgan fingerprint density at radius 1 is 0.550 bits per heavy atom. The maximum atomic E-state index is 15.0. The first kappa shape index (κ1) is 58.2. The van der Waals surface area contributed by atoms with Crippen molar-refractivity contribution in [2.24, 2.45) is 23.7 Å². The number of carbonyl (C=O) groups excluding carboxylic acids is 8. The minimum atomic E-state index is -0.832. The molecular formula is C64H86N8O8. The molecule has 4 aliphatic heterocycles. The van der Waals surface area contributed by atoms with Gasteiger partial charge in [-0.15, -0.1) is 0 Å². The van der Waals surface area contributed by atoms with Crippen LogP contribution in [0.15, 0.2) is 84.9 Å². The van der Waals surface area contributed by atoms with Crippen molar-refractivity contribution in [2.75, 3.05) is 46.3 Å². The molecule has 0 bridgehead atoms. The molecular weight excluding hydrogens is 1010 g/mol. The largest absolute Gasteiger partial charge is 0.347 e. The molecule has 9 rings (SSSR count). The van der Waals surface area contributed by atoms with E-state index in [-0.39, 0.29) is 97.3 Å². The van der Waals surface area contributed by atoms with Crippen molar-refractivity contribution >= 4 is 47.1 Å². The fraction of sp³-hybridized carbons (Fsp3) is 0.594. The van der Waals surface area contributed by atoms with Gasteiger partial charge in [0.2, 0.25) is 29.5 Å². The third-order valence-electron chi connectivity index (χ3n) is 19.0. The summed E-state index contributed by atoms with van der Waals surface area (Å²) in [7, 11) is 1.74. The molecule has 0 spiro atoms. The van der Waals surface area contributed by atoms with Crippen LogP contribution in [0, 0.1) is 23.7 Å². The molecule has 2 saturated carbocycles. The van der Waals surface area contributed by atoms with Crippen LogP contribution in [0.4, 0.5) is 0 Å². The summed E-state index contributed by atoms with van der Waals surface area (Å²) in [6, 6.07) is 22.6. The van der Waals surface area contributed by atoms with Crippen molar-refractivity contribution in [1.82, 2.24) is 40.9 Å². The van der Waals surface area contributed by atoms with Crippen LogP contribution < -0.4 is 21.3 Å². The zero-order valence-corrected chi connectivity index (χ0v) is 47.6. The summed E-state index contributed by atoms with van der Waals surface area (Å²) in [5.41, 5.74) is 2.92. The van der Waals surface area contributed by atoms with E-state index in [0.717, 1.165) is 82.6 Å². The number of benzene rings is 3. The van der Waals surface area contributed by atoms with Crippen LogP contribution in [-0.2, 0) is 28.8 Å². The molecule has 7 amide bonds. The Morgan fingerprint density at radius 2 is 1.00 bits per heavy atom. The van der Waals surface area contributed by atoms with Gasteiger partial charge in [0.25, 0.3) is 11.8 Å². The van der Waals surface area contributed by atoms with Gasteiger partial charge in [-0.05, 0) is 119 Å². The van der Waals surface area contributed by atoms with Crippen LogP contribution >= 0.6 is 0 Å². The monoisotopic (exact) mass is 1090 g/mol. The van der Waals surface area contributed by atoms with Gasteiger partial charge in [-0.3, -0.25) is 38.4 Å². The van der Waals surface area contributed by atoms with Gasteiger partial charge in [-0.25, -0.2) is 0 Å². The van der Waals surface area contributed by atoms with Crippen molar-refractivity contribution in [2.45, 2.75) is 172 Å². The highest BCUT2D eigenvalue weighted by Gasteiger charge is 2.49. The summed E-state index contributed by atoms with van der Waals surface area (Å²) in [6.45, 7) is 8.00. The lowest BCUT2D eigenvalue weighted by molar-refractivity contribution is -0.148. The Morgan fingerprint density at radius 3 is 1.45 bits per heavy atom. The number of carbonyl (C=O) groups is 8. The number of nitrogens with zero attached hydrogens (tertiary/aromatic N) is 4. The molecule has 16 nitrogen and oxygen atoms in total. The lowest BCUT2D eigenvalue weighted by Crippen LogP contribution is -2.57. The summed E-state index contributed by atoms with van der Waals surface area (Å²) >= 11 is 0. The van der Waals surface area contributed by atoms with E-state index >= 15 is 4.79 Å². The highest BCUT2D eigenvalue weighted by molar-refractivity contribution is 5.99. The average molecular weight is 1100 g/mol. The van der Waals surface area contributed by atoms with E-state index in [1.54, 1.807) is 41.1 Å². The Balaban J connectivity index is 0.890. The number of hydrogen-bond acceptors (Lipinski definition) is 9. The molecule has 16 heteroatoms. The standard InChI is InChI=1S/C64H86N8O8/c1-5-41(2)58(74)68-57(46-24-16-9-17-25-46)64(80)72-40-52(35-55(72)63(79)70-33-31-50(38-70)44-20-12-7-13-21-44)67-60(76)48-28-26-47(27-29-48)59(75)66-51-34-54(62(78)69-32-30-49(37-69)43-18-10-6-11-19-43)71(39-51)61(77)53(36-56(73)42(3)65-4)45-22-14-8-15-23-45/h6-7,10-13,18-21,26-29,41-42,45-46,49-55,57,65H,5,8-9,14-17,22-25,30-40H2,1-4H3,(H,66,75)(H,67,76)(H,68,74)/t41-,42+,49?,50-,51+,52+,53+,54+,55+,57+/m1/s1. The van der Waals surface area contributed by atoms with Crippen molar-refractivity contribution in [3.8, 4) is 0 Å². The number of nitrogens with one attached hydrogen (secondary N) is 4. The summed E-state index contributed by atoms with van der Waals surface area (Å²) < 4.78 is 0. The van der Waals surface area contributed by atoms with Gasteiger partial charge >= 0.3 is 0 Å². The van der Waals surface area contributed by atoms with Gasteiger partial charge in [0.15, 0.2) is 0 Å². The second kappa shape index (κ2) is 26.9. The Bertz CT molecular complexity index is 2480. The first-order chi connectivity index (χ1) is 38.7. The molecule has 4 heterocycles. The minimum Gasteiger partial charge on any atom is -0.347 e. The second-order valence-corrected chi connectivity index (χ2v) is 24.1. The molecule has 3 aromatic rings. The molecule has 4 saturated heterocycles. The molecule has 430 valence electrons. The lowest BCUT2D eigenvalue weighted by Gasteiger charge is -2.35. The highest BCUT2D eigenvalue weighted by Crippen LogP contribution is 2.38. The number of Topliss-reactive ketones (excluding diaryl/α,β-unsaturated/α-hetero) is 1. The smallest absolute Gasteiger partial charge is 0.251 e. The zero-order valence-electron chi connectivity index (χ0n) is 47.6. The molecule has 4 N–H and O–H groups in total. The van der Waals surface area contributed by atoms with E-state index in [9.17, 15) is 33.6 Å². The zero-order chi connectivity index (χ0) is 56.5. The van der Waals surface area contributed by atoms with E-state index in [4.69, 9.17) is 0 Å². The first-order valence-electron chi connectivity index (χ1n) is 30.2. The van der Waals surface area contributed by atoms with Crippen LogP contribution in [0.25, 0.3) is 0 Å². The lowest BCUT2D eigenvalue weighted by atomic mass is 9.76. The number of likely N-dealkylation sites (N-methyl/N-ethyl adjacent to an activating group) is 1. The third kappa shape index (κ3) is 13.7.